The summed E-state index contributed by atoms with van der Waals surface area (Å²) in [5, 5.41) is 29.4. The molecule has 0 saturated carbocycles. The SMILES string of the molecule is CCOc1cc(OC)ccc1C(O)C=Cc1ccc(O)cc1O. The van der Waals surface area contributed by atoms with Gasteiger partial charge in [0.15, 0.2) is 0 Å². The van der Waals surface area contributed by atoms with Crippen LogP contribution < -0.4 is 9.47 Å². The molecule has 0 radical (unpaired) electrons. The average Bonchev–Trinajstić information content (AvgIpc) is 2.54. The lowest BCUT2D eigenvalue weighted by atomic mass is 10.1. The highest BCUT2D eigenvalue weighted by Gasteiger charge is 2.12. The van der Waals surface area contributed by atoms with Crippen molar-refractivity contribution < 1.29 is 24.8 Å². The summed E-state index contributed by atoms with van der Waals surface area (Å²) in [6, 6.07) is 9.46. The van der Waals surface area contributed by atoms with E-state index in [2.05, 4.69) is 0 Å². The molecule has 1 unspecified atom stereocenters. The maximum absolute atomic E-state index is 10.4. The Morgan fingerprint density at radius 3 is 2.57 bits per heavy atom. The van der Waals surface area contributed by atoms with Crippen LogP contribution in [0.2, 0.25) is 0 Å². The van der Waals surface area contributed by atoms with Crippen molar-refractivity contribution in [2.75, 3.05) is 13.7 Å². The molecule has 0 saturated heterocycles. The van der Waals surface area contributed by atoms with Gasteiger partial charge in [0, 0.05) is 23.3 Å². The first-order valence-corrected chi connectivity index (χ1v) is 7.24. The maximum atomic E-state index is 10.4. The smallest absolute Gasteiger partial charge is 0.129 e. The first kappa shape index (κ1) is 16.7. The first-order valence-electron chi connectivity index (χ1n) is 7.24. The van der Waals surface area contributed by atoms with E-state index in [9.17, 15) is 15.3 Å². The second kappa shape index (κ2) is 7.56. The predicted molar refractivity (Wildman–Crippen MR) is 87.9 cm³/mol. The van der Waals surface area contributed by atoms with Crippen molar-refractivity contribution >= 4 is 6.08 Å². The van der Waals surface area contributed by atoms with Gasteiger partial charge >= 0.3 is 0 Å². The zero-order valence-electron chi connectivity index (χ0n) is 13.1. The normalized spacial score (nSPS) is 12.3. The van der Waals surface area contributed by atoms with Gasteiger partial charge in [-0.3, -0.25) is 0 Å². The van der Waals surface area contributed by atoms with Crippen LogP contribution >= 0.6 is 0 Å². The molecule has 0 aliphatic carbocycles. The Hall–Kier alpha value is -2.66. The molecule has 0 amide bonds. The number of rotatable bonds is 6. The third-order valence-corrected chi connectivity index (χ3v) is 3.31. The van der Waals surface area contributed by atoms with E-state index in [0.29, 0.717) is 29.2 Å². The van der Waals surface area contributed by atoms with Crippen molar-refractivity contribution in [1.82, 2.24) is 0 Å². The molecular formula is C18H20O5. The summed E-state index contributed by atoms with van der Waals surface area (Å²) in [6.07, 6.45) is 2.21. The number of benzene rings is 2. The minimum Gasteiger partial charge on any atom is -0.508 e. The van der Waals surface area contributed by atoms with Gasteiger partial charge in [-0.2, -0.15) is 0 Å². The van der Waals surface area contributed by atoms with Crippen LogP contribution in [0, 0.1) is 0 Å². The molecule has 0 aliphatic heterocycles. The monoisotopic (exact) mass is 316 g/mol. The Morgan fingerprint density at radius 1 is 1.13 bits per heavy atom. The van der Waals surface area contributed by atoms with Crippen molar-refractivity contribution in [2.24, 2.45) is 0 Å². The fraction of sp³-hybridized carbons (Fsp3) is 0.222. The van der Waals surface area contributed by atoms with Crippen LogP contribution in [-0.4, -0.2) is 29.0 Å². The minimum absolute atomic E-state index is 0.0195. The average molecular weight is 316 g/mol. The van der Waals surface area contributed by atoms with Crippen LogP contribution in [0.4, 0.5) is 0 Å². The molecule has 0 fully saturated rings. The fourth-order valence-corrected chi connectivity index (χ4v) is 2.14. The van der Waals surface area contributed by atoms with E-state index in [4.69, 9.17) is 9.47 Å². The van der Waals surface area contributed by atoms with Crippen molar-refractivity contribution in [3.63, 3.8) is 0 Å². The lowest BCUT2D eigenvalue weighted by molar-refractivity contribution is 0.220. The number of aromatic hydroxyl groups is 2. The summed E-state index contributed by atoms with van der Waals surface area (Å²) < 4.78 is 10.7. The Bertz CT molecular complexity index is 694. The van der Waals surface area contributed by atoms with Crippen molar-refractivity contribution in [3.8, 4) is 23.0 Å². The highest BCUT2D eigenvalue weighted by atomic mass is 16.5. The van der Waals surface area contributed by atoms with Crippen LogP contribution in [0.15, 0.2) is 42.5 Å². The van der Waals surface area contributed by atoms with Gasteiger partial charge in [0.1, 0.15) is 29.1 Å². The van der Waals surface area contributed by atoms with Gasteiger partial charge in [-0.25, -0.2) is 0 Å². The Kier molecular flexibility index (Phi) is 5.49. The van der Waals surface area contributed by atoms with Crippen LogP contribution in [0.3, 0.4) is 0 Å². The lowest BCUT2D eigenvalue weighted by Gasteiger charge is -2.14. The summed E-state index contributed by atoms with van der Waals surface area (Å²) in [6.45, 7) is 2.33. The first-order chi connectivity index (χ1) is 11.0. The lowest BCUT2D eigenvalue weighted by Crippen LogP contribution is -2.01. The molecule has 0 bridgehead atoms. The molecule has 2 aromatic rings. The third-order valence-electron chi connectivity index (χ3n) is 3.31. The summed E-state index contributed by atoms with van der Waals surface area (Å²) >= 11 is 0. The maximum Gasteiger partial charge on any atom is 0.129 e. The molecule has 0 aliphatic rings. The van der Waals surface area contributed by atoms with E-state index < -0.39 is 6.10 Å². The topological polar surface area (TPSA) is 79.2 Å². The second-order valence-electron chi connectivity index (χ2n) is 4.88. The molecule has 5 heteroatoms. The number of ether oxygens (including phenoxy) is 2. The fourth-order valence-electron chi connectivity index (χ4n) is 2.14. The summed E-state index contributed by atoms with van der Waals surface area (Å²) in [7, 11) is 1.56. The van der Waals surface area contributed by atoms with Gasteiger partial charge in [-0.15, -0.1) is 0 Å². The number of aliphatic hydroxyl groups is 1. The molecule has 0 heterocycles. The highest BCUT2D eigenvalue weighted by Crippen LogP contribution is 2.31. The zero-order valence-corrected chi connectivity index (χ0v) is 13.1. The van der Waals surface area contributed by atoms with Crippen molar-refractivity contribution in [1.29, 1.82) is 0 Å². The molecule has 122 valence electrons. The number of hydrogen-bond donors (Lipinski definition) is 3. The molecule has 2 aromatic carbocycles. The number of phenolic OH excluding ortho intramolecular Hbond substituents is 2. The molecular weight excluding hydrogens is 296 g/mol. The number of phenols is 2. The third kappa shape index (κ3) is 4.17. The van der Waals surface area contributed by atoms with Gasteiger partial charge in [0.05, 0.1) is 13.7 Å². The quantitative estimate of drug-likeness (QED) is 0.762. The van der Waals surface area contributed by atoms with Gasteiger partial charge < -0.3 is 24.8 Å². The Labute approximate surface area is 135 Å². The van der Waals surface area contributed by atoms with Crippen molar-refractivity contribution in [2.45, 2.75) is 13.0 Å². The van der Waals surface area contributed by atoms with Gasteiger partial charge in [0.2, 0.25) is 0 Å². The summed E-state index contributed by atoms with van der Waals surface area (Å²) in [5.74, 6) is 1.10. The highest BCUT2D eigenvalue weighted by molar-refractivity contribution is 5.59. The number of hydrogen-bond acceptors (Lipinski definition) is 5. The van der Waals surface area contributed by atoms with Crippen LogP contribution in [-0.2, 0) is 0 Å². The van der Waals surface area contributed by atoms with Crippen LogP contribution in [0.25, 0.3) is 6.08 Å². The molecule has 5 nitrogen and oxygen atoms in total. The van der Waals surface area contributed by atoms with E-state index >= 15 is 0 Å². The second-order valence-corrected chi connectivity index (χ2v) is 4.88. The van der Waals surface area contributed by atoms with E-state index in [0.717, 1.165) is 0 Å². The van der Waals surface area contributed by atoms with E-state index in [1.165, 1.54) is 18.2 Å². The predicted octanol–water partition coefficient (Wildman–Crippen LogP) is 3.25. The van der Waals surface area contributed by atoms with Crippen LogP contribution in [0.1, 0.15) is 24.2 Å². The van der Waals surface area contributed by atoms with Crippen molar-refractivity contribution in [3.05, 3.63) is 53.6 Å². The van der Waals surface area contributed by atoms with E-state index in [-0.39, 0.29) is 11.5 Å². The van der Waals surface area contributed by atoms with Crippen LogP contribution in [0.5, 0.6) is 23.0 Å². The molecule has 0 spiro atoms. The largest absolute Gasteiger partial charge is 0.508 e. The molecule has 3 N–H and O–H groups in total. The zero-order chi connectivity index (χ0) is 16.8. The van der Waals surface area contributed by atoms with E-state index in [1.54, 1.807) is 37.5 Å². The summed E-state index contributed by atoms with van der Waals surface area (Å²) in [4.78, 5) is 0. The Morgan fingerprint density at radius 2 is 1.91 bits per heavy atom. The number of aliphatic hydroxyl groups excluding tert-OH is 1. The molecule has 2 rings (SSSR count). The molecule has 23 heavy (non-hydrogen) atoms. The van der Waals surface area contributed by atoms with Gasteiger partial charge in [-0.05, 0) is 31.2 Å². The minimum atomic E-state index is -0.907. The Balaban J connectivity index is 2.25. The van der Waals surface area contributed by atoms with Gasteiger partial charge in [0.25, 0.3) is 0 Å². The molecule has 1 atom stereocenters. The summed E-state index contributed by atoms with van der Waals surface area (Å²) in [5.41, 5.74) is 1.09. The number of methoxy groups -OCH3 is 1. The standard InChI is InChI=1S/C18H20O5/c1-3-23-18-11-14(22-2)7-8-15(18)16(20)9-5-12-4-6-13(19)10-17(12)21/h4-11,16,19-21H,3H2,1-2H3. The molecule has 0 aromatic heterocycles. The van der Waals surface area contributed by atoms with E-state index in [1.807, 2.05) is 6.92 Å². The van der Waals surface area contributed by atoms with Gasteiger partial charge in [-0.1, -0.05) is 12.2 Å².